The molecule has 1 aromatic heterocycles. The molecule has 0 fully saturated rings. The lowest BCUT2D eigenvalue weighted by Gasteiger charge is -2.31. The van der Waals surface area contributed by atoms with Crippen LogP contribution in [0.3, 0.4) is 0 Å². The van der Waals surface area contributed by atoms with Crippen LogP contribution >= 0.6 is 0 Å². The van der Waals surface area contributed by atoms with Crippen LogP contribution in [0, 0.1) is 0 Å². The molecular formula is C14H14F6NO3+. The number of nitrogens with zero attached hydrogens (tertiary/aromatic N) is 1. The van der Waals surface area contributed by atoms with Gasteiger partial charge in [0.2, 0.25) is 12.3 Å². The number of aliphatic hydroxyl groups is 1. The van der Waals surface area contributed by atoms with E-state index >= 15 is 0 Å². The lowest BCUT2D eigenvalue weighted by atomic mass is 9.95. The molecule has 4 nitrogen and oxygen atoms in total. The Kier molecular flexibility index (Phi) is 5.99. The van der Waals surface area contributed by atoms with Crippen molar-refractivity contribution in [2.45, 2.75) is 30.9 Å². The van der Waals surface area contributed by atoms with Gasteiger partial charge < -0.3 is 9.84 Å². The van der Waals surface area contributed by atoms with Gasteiger partial charge in [0.15, 0.2) is 6.20 Å². The Morgan fingerprint density at radius 1 is 1.21 bits per heavy atom. The van der Waals surface area contributed by atoms with Crippen LogP contribution in [0.15, 0.2) is 37.1 Å². The van der Waals surface area contributed by atoms with E-state index in [1.165, 1.54) is 30.5 Å². The fraction of sp³-hybridized carbons (Fsp3) is 0.429. The van der Waals surface area contributed by atoms with Crippen molar-refractivity contribution in [2.75, 3.05) is 6.61 Å². The van der Waals surface area contributed by atoms with Gasteiger partial charge in [0, 0.05) is 6.07 Å². The van der Waals surface area contributed by atoms with Crippen LogP contribution in [-0.2, 0) is 11.3 Å². The highest BCUT2D eigenvalue weighted by molar-refractivity contribution is 5.78. The SMILES string of the molecule is C=CCOc1cccc[n+]1CC(=O)CC(O)(C(F)(F)F)C(F)(F)F. The van der Waals surface area contributed by atoms with Crippen LogP contribution in [0.2, 0.25) is 0 Å². The summed E-state index contributed by atoms with van der Waals surface area (Å²) in [6.45, 7) is 2.57. The van der Waals surface area contributed by atoms with Crippen molar-refractivity contribution < 1.29 is 45.5 Å². The smallest absolute Gasteiger partial charge is 0.426 e. The number of carbonyl (C=O) groups is 1. The van der Waals surface area contributed by atoms with Gasteiger partial charge in [-0.1, -0.05) is 12.7 Å². The van der Waals surface area contributed by atoms with E-state index in [1.54, 1.807) is 0 Å². The Morgan fingerprint density at radius 3 is 2.29 bits per heavy atom. The van der Waals surface area contributed by atoms with Gasteiger partial charge in [-0.25, -0.2) is 0 Å². The second-order valence-electron chi connectivity index (χ2n) is 4.84. The van der Waals surface area contributed by atoms with Crippen LogP contribution in [-0.4, -0.2) is 35.5 Å². The van der Waals surface area contributed by atoms with E-state index in [1.807, 2.05) is 0 Å². The third-order valence-electron chi connectivity index (χ3n) is 2.99. The van der Waals surface area contributed by atoms with E-state index in [9.17, 15) is 31.1 Å². The summed E-state index contributed by atoms with van der Waals surface area (Å²) in [5.41, 5.74) is -5.10. The first kappa shape index (κ1) is 19.9. The summed E-state index contributed by atoms with van der Waals surface area (Å²) in [5, 5.41) is 9.02. The van der Waals surface area contributed by atoms with Gasteiger partial charge in [-0.15, -0.1) is 0 Å². The molecule has 134 valence electrons. The maximum absolute atomic E-state index is 12.6. The monoisotopic (exact) mass is 358 g/mol. The third kappa shape index (κ3) is 4.47. The highest BCUT2D eigenvalue weighted by Crippen LogP contribution is 2.45. The van der Waals surface area contributed by atoms with E-state index in [2.05, 4.69) is 6.58 Å². The van der Waals surface area contributed by atoms with Crippen molar-refractivity contribution in [3.8, 4) is 5.88 Å². The predicted molar refractivity (Wildman–Crippen MR) is 69.0 cm³/mol. The highest BCUT2D eigenvalue weighted by Gasteiger charge is 2.71. The number of carbonyl (C=O) groups excluding carboxylic acids is 1. The zero-order valence-electron chi connectivity index (χ0n) is 12.2. The minimum Gasteiger partial charge on any atom is -0.440 e. The second-order valence-corrected chi connectivity index (χ2v) is 4.84. The molecule has 0 aromatic carbocycles. The quantitative estimate of drug-likeness (QED) is 0.463. The molecule has 0 saturated heterocycles. The molecule has 0 aliphatic heterocycles. The van der Waals surface area contributed by atoms with Gasteiger partial charge in [-0.05, 0) is 6.07 Å². The molecule has 10 heteroatoms. The van der Waals surface area contributed by atoms with E-state index in [0.717, 1.165) is 4.57 Å². The average molecular weight is 358 g/mol. The molecule has 0 amide bonds. The molecule has 1 rings (SSSR count). The van der Waals surface area contributed by atoms with Crippen LogP contribution in [0.25, 0.3) is 0 Å². The van der Waals surface area contributed by atoms with Gasteiger partial charge in [0.1, 0.15) is 6.61 Å². The zero-order valence-corrected chi connectivity index (χ0v) is 12.2. The standard InChI is InChI=1S/C14H14F6NO3/c1-2-7-24-11-5-3-4-6-21(11)9-10(22)8-12(23,13(15,16)17)14(18,19)20/h2-6,23H,1,7-9H2/q+1. The van der Waals surface area contributed by atoms with Crippen molar-refractivity contribution in [3.05, 3.63) is 37.1 Å². The molecule has 0 aliphatic rings. The van der Waals surface area contributed by atoms with Crippen molar-refractivity contribution in [2.24, 2.45) is 0 Å². The van der Waals surface area contributed by atoms with Crippen molar-refractivity contribution in [1.29, 1.82) is 0 Å². The zero-order chi connectivity index (χ0) is 18.6. The molecule has 0 aliphatic carbocycles. The third-order valence-corrected chi connectivity index (χ3v) is 2.99. The van der Waals surface area contributed by atoms with E-state index in [4.69, 9.17) is 9.84 Å². The summed E-state index contributed by atoms with van der Waals surface area (Å²) in [4.78, 5) is 11.7. The van der Waals surface area contributed by atoms with Gasteiger partial charge in [-0.2, -0.15) is 30.9 Å². The summed E-state index contributed by atoms with van der Waals surface area (Å²) >= 11 is 0. The first-order valence-electron chi connectivity index (χ1n) is 6.52. The molecule has 1 aromatic rings. The number of aromatic nitrogens is 1. The maximum Gasteiger partial charge on any atom is 0.426 e. The maximum atomic E-state index is 12.6. The molecule has 0 saturated carbocycles. The van der Waals surface area contributed by atoms with Gasteiger partial charge in [0.05, 0.1) is 12.5 Å². The Hall–Kier alpha value is -2.10. The van der Waals surface area contributed by atoms with Crippen molar-refractivity contribution in [3.63, 3.8) is 0 Å². The molecule has 0 atom stereocenters. The first-order valence-corrected chi connectivity index (χ1v) is 6.52. The van der Waals surface area contributed by atoms with Crippen LogP contribution < -0.4 is 9.30 Å². The molecule has 0 spiro atoms. The summed E-state index contributed by atoms with van der Waals surface area (Å²) < 4.78 is 81.6. The fourth-order valence-electron chi connectivity index (χ4n) is 1.76. The Morgan fingerprint density at radius 2 is 1.79 bits per heavy atom. The number of ketones is 1. The Bertz CT molecular complexity index is 583. The normalized spacial score (nSPS) is 12.8. The van der Waals surface area contributed by atoms with Crippen molar-refractivity contribution >= 4 is 5.78 Å². The number of hydrogen-bond acceptors (Lipinski definition) is 3. The molecule has 0 radical (unpaired) electrons. The predicted octanol–water partition coefficient (Wildman–Crippen LogP) is 2.35. The van der Waals surface area contributed by atoms with Gasteiger partial charge >= 0.3 is 18.2 Å². The lowest BCUT2D eigenvalue weighted by Crippen LogP contribution is -2.58. The van der Waals surface area contributed by atoms with E-state index in [0.29, 0.717) is 0 Å². The molecule has 1 heterocycles. The summed E-state index contributed by atoms with van der Waals surface area (Å²) in [7, 11) is 0. The molecule has 0 unspecified atom stereocenters. The van der Waals surface area contributed by atoms with Crippen LogP contribution in [0.1, 0.15) is 6.42 Å². The number of Topliss-reactive ketones (excluding diaryl/α,β-unsaturated/α-hetero) is 1. The number of hydrogen-bond donors (Lipinski definition) is 1. The Labute approximate surface area is 133 Å². The largest absolute Gasteiger partial charge is 0.440 e. The van der Waals surface area contributed by atoms with Crippen LogP contribution in [0.5, 0.6) is 5.88 Å². The number of alkyl halides is 6. The number of halogens is 6. The van der Waals surface area contributed by atoms with Gasteiger partial charge in [0.25, 0.3) is 5.60 Å². The average Bonchev–Trinajstić information content (AvgIpc) is 2.43. The highest BCUT2D eigenvalue weighted by atomic mass is 19.4. The molecular weight excluding hydrogens is 344 g/mol. The lowest BCUT2D eigenvalue weighted by molar-refractivity contribution is -0.689. The minimum atomic E-state index is -6.04. The summed E-state index contributed by atoms with van der Waals surface area (Å²) in [6, 6.07) is 4.28. The molecule has 24 heavy (non-hydrogen) atoms. The number of pyridine rings is 1. The van der Waals surface area contributed by atoms with Crippen molar-refractivity contribution in [1.82, 2.24) is 0 Å². The minimum absolute atomic E-state index is 0.0211. The first-order chi connectivity index (χ1) is 10.9. The topological polar surface area (TPSA) is 50.4 Å². The van der Waals surface area contributed by atoms with E-state index in [-0.39, 0.29) is 12.5 Å². The summed E-state index contributed by atoms with van der Waals surface area (Å²) in [5.74, 6) is -1.42. The Balaban J connectivity index is 2.98. The van der Waals surface area contributed by atoms with Gasteiger partial charge in [-0.3, -0.25) is 4.79 Å². The second kappa shape index (κ2) is 7.20. The van der Waals surface area contributed by atoms with E-state index < -0.39 is 36.7 Å². The molecule has 0 bridgehead atoms. The molecule has 1 N–H and O–H groups in total. The number of rotatable bonds is 7. The number of ether oxygens (including phenoxy) is 1. The summed E-state index contributed by atoms with van der Waals surface area (Å²) in [6.07, 6.45) is -11.6. The van der Waals surface area contributed by atoms with Crippen LogP contribution in [0.4, 0.5) is 26.3 Å². The fourth-order valence-corrected chi connectivity index (χ4v) is 1.76.